The van der Waals surface area contributed by atoms with Crippen LogP contribution in [0.25, 0.3) is 0 Å². The molecule has 1 spiro atoms. The summed E-state index contributed by atoms with van der Waals surface area (Å²) in [6.45, 7) is 1.72. The number of hydrogen-bond acceptors (Lipinski definition) is 6. The van der Waals surface area contributed by atoms with Gasteiger partial charge in [-0.25, -0.2) is 8.42 Å². The van der Waals surface area contributed by atoms with Crippen LogP contribution in [0, 0.1) is 17.2 Å². The first-order valence-electron chi connectivity index (χ1n) is 10.5. The second kappa shape index (κ2) is 7.57. The van der Waals surface area contributed by atoms with E-state index in [1.807, 2.05) is 0 Å². The number of allylic oxidation sites excluding steroid dienone is 1. The number of fused-ring (bicyclic) bond motifs is 2. The van der Waals surface area contributed by atoms with Crippen LogP contribution >= 0.6 is 0 Å². The van der Waals surface area contributed by atoms with Gasteiger partial charge in [0, 0.05) is 18.8 Å². The zero-order valence-corrected chi connectivity index (χ0v) is 17.8. The maximum atomic E-state index is 13.6. The number of nitriles is 1. The molecule has 3 fully saturated rings. The first-order chi connectivity index (χ1) is 15.0. The van der Waals surface area contributed by atoms with E-state index in [0.717, 1.165) is 12.8 Å². The second-order valence-electron chi connectivity index (χ2n) is 8.11. The molecule has 2 atom stereocenters. The highest BCUT2D eigenvalue weighted by Gasteiger charge is 2.62. The molecule has 0 saturated carbocycles. The number of ether oxygens (including phenoxy) is 2. The molecule has 162 valence electrons. The number of nitrogens with zero attached hydrogens (tertiary/aromatic N) is 3. The molecule has 1 aromatic rings. The molecular formula is C22H23N3O5S. The van der Waals surface area contributed by atoms with Crippen molar-refractivity contribution in [3.63, 3.8) is 0 Å². The van der Waals surface area contributed by atoms with Gasteiger partial charge in [0.1, 0.15) is 0 Å². The van der Waals surface area contributed by atoms with Crippen LogP contribution in [0.5, 0.6) is 0 Å². The van der Waals surface area contributed by atoms with Gasteiger partial charge in [-0.2, -0.15) is 9.57 Å². The van der Waals surface area contributed by atoms with Gasteiger partial charge in [0.2, 0.25) is 10.0 Å². The summed E-state index contributed by atoms with van der Waals surface area (Å²) < 4.78 is 39.7. The smallest absolute Gasteiger partial charge is 0.288 e. The highest BCUT2D eigenvalue weighted by atomic mass is 32.2. The Morgan fingerprint density at radius 1 is 1.13 bits per heavy atom. The molecule has 5 rings (SSSR count). The quantitative estimate of drug-likeness (QED) is 0.710. The van der Waals surface area contributed by atoms with Crippen molar-refractivity contribution in [2.24, 2.45) is 5.92 Å². The van der Waals surface area contributed by atoms with Crippen LogP contribution in [0.1, 0.15) is 24.8 Å². The van der Waals surface area contributed by atoms with Gasteiger partial charge in [-0.05, 0) is 43.5 Å². The van der Waals surface area contributed by atoms with E-state index in [2.05, 4.69) is 6.07 Å². The molecule has 0 radical (unpaired) electrons. The Kier molecular flexibility index (Phi) is 4.98. The highest BCUT2D eigenvalue weighted by Crippen LogP contribution is 2.46. The van der Waals surface area contributed by atoms with E-state index >= 15 is 0 Å². The maximum Gasteiger partial charge on any atom is 0.288 e. The third kappa shape index (κ3) is 3.13. The molecule has 0 bridgehead atoms. The van der Waals surface area contributed by atoms with Gasteiger partial charge in [0.15, 0.2) is 0 Å². The van der Waals surface area contributed by atoms with Crippen LogP contribution in [-0.2, 0) is 24.3 Å². The lowest BCUT2D eigenvalue weighted by molar-refractivity contribution is -0.260. The molecule has 4 aliphatic rings. The van der Waals surface area contributed by atoms with Gasteiger partial charge in [0.05, 0.1) is 41.7 Å². The van der Waals surface area contributed by atoms with E-state index < -0.39 is 27.8 Å². The summed E-state index contributed by atoms with van der Waals surface area (Å²) in [4.78, 5) is 15.4. The van der Waals surface area contributed by atoms with Gasteiger partial charge < -0.3 is 9.47 Å². The molecule has 8 nitrogen and oxygen atoms in total. The average molecular weight is 442 g/mol. The van der Waals surface area contributed by atoms with Crippen molar-refractivity contribution in [1.29, 1.82) is 5.26 Å². The Bertz CT molecular complexity index is 1110. The van der Waals surface area contributed by atoms with Gasteiger partial charge >= 0.3 is 0 Å². The normalized spacial score (nSPS) is 27.9. The lowest BCUT2D eigenvalue weighted by atomic mass is 9.90. The summed E-state index contributed by atoms with van der Waals surface area (Å²) in [5.41, 5.74) is 0.985. The predicted molar refractivity (Wildman–Crippen MR) is 112 cm³/mol. The van der Waals surface area contributed by atoms with Crippen LogP contribution in [0.2, 0.25) is 0 Å². The fourth-order valence-electron chi connectivity index (χ4n) is 4.80. The number of carbonyl (C=O) groups is 1. The lowest BCUT2D eigenvalue weighted by Crippen LogP contribution is -2.51. The van der Waals surface area contributed by atoms with Crippen molar-refractivity contribution >= 4 is 21.6 Å². The van der Waals surface area contributed by atoms with E-state index in [1.165, 1.54) is 4.31 Å². The maximum absolute atomic E-state index is 13.6. The van der Waals surface area contributed by atoms with Gasteiger partial charge in [-0.3, -0.25) is 9.69 Å². The Balaban J connectivity index is 1.58. The van der Waals surface area contributed by atoms with E-state index in [4.69, 9.17) is 9.47 Å². The third-order valence-electron chi connectivity index (χ3n) is 6.30. The van der Waals surface area contributed by atoms with Gasteiger partial charge in [-0.1, -0.05) is 18.2 Å². The largest absolute Gasteiger partial charge is 0.342 e. The molecule has 0 aromatic heterocycles. The molecule has 1 aliphatic carbocycles. The Morgan fingerprint density at radius 3 is 2.58 bits per heavy atom. The SMILES string of the molecule is N#Cc1cccc(N2C(=O)C3(OCCCO3)C3C=C(S(=O)(=O)N4CCCC4)C=CC32)c1. The first kappa shape index (κ1) is 20.4. The molecule has 3 heterocycles. The zero-order chi connectivity index (χ0) is 21.6. The molecule has 1 aromatic carbocycles. The van der Waals surface area contributed by atoms with Crippen molar-refractivity contribution < 1.29 is 22.7 Å². The van der Waals surface area contributed by atoms with Crippen molar-refractivity contribution in [3.8, 4) is 6.07 Å². The van der Waals surface area contributed by atoms with Crippen molar-refractivity contribution in [3.05, 3.63) is 53.0 Å². The molecule has 2 unspecified atom stereocenters. The number of hydrogen-bond donors (Lipinski definition) is 0. The van der Waals surface area contributed by atoms with Crippen LogP contribution in [0.15, 0.2) is 47.4 Å². The van der Waals surface area contributed by atoms with E-state index in [0.29, 0.717) is 44.0 Å². The van der Waals surface area contributed by atoms with Crippen molar-refractivity contribution in [1.82, 2.24) is 4.31 Å². The minimum Gasteiger partial charge on any atom is -0.342 e. The second-order valence-corrected chi connectivity index (χ2v) is 10.0. The van der Waals surface area contributed by atoms with E-state index in [9.17, 15) is 18.5 Å². The van der Waals surface area contributed by atoms with Gasteiger partial charge in [0.25, 0.3) is 11.7 Å². The number of amides is 1. The van der Waals surface area contributed by atoms with Crippen LogP contribution in [-0.4, -0.2) is 56.8 Å². The standard InChI is InChI=1S/C22H23N3O5S/c23-15-16-5-3-6-17(13-16)25-20-8-7-18(31(27,28)24-9-1-2-10-24)14-19(20)22(21(25)26)29-11-4-12-30-22/h3,5-8,13-14,19-20H,1-2,4,9-12H2. The molecule has 3 aliphatic heterocycles. The predicted octanol–water partition coefficient (Wildman–Crippen LogP) is 1.90. The number of rotatable bonds is 3. The summed E-state index contributed by atoms with van der Waals surface area (Å²) in [7, 11) is -3.64. The topological polar surface area (TPSA) is 99.9 Å². The number of sulfonamides is 1. The van der Waals surface area contributed by atoms with E-state index in [-0.39, 0.29) is 10.8 Å². The molecule has 0 N–H and O–H groups in total. The molecule has 31 heavy (non-hydrogen) atoms. The number of anilines is 1. The lowest BCUT2D eigenvalue weighted by Gasteiger charge is -2.36. The fraction of sp³-hybridized carbons (Fsp3) is 0.455. The fourth-order valence-corrected chi connectivity index (χ4v) is 6.41. The molecular weight excluding hydrogens is 418 g/mol. The van der Waals surface area contributed by atoms with Crippen LogP contribution < -0.4 is 4.90 Å². The zero-order valence-electron chi connectivity index (χ0n) is 16.9. The molecule has 3 saturated heterocycles. The summed E-state index contributed by atoms with van der Waals surface area (Å²) in [6.07, 6.45) is 7.29. The van der Waals surface area contributed by atoms with Crippen LogP contribution in [0.3, 0.4) is 0 Å². The molecule has 9 heteroatoms. The molecule has 1 amide bonds. The first-order valence-corrected chi connectivity index (χ1v) is 11.9. The van der Waals surface area contributed by atoms with Crippen LogP contribution in [0.4, 0.5) is 5.69 Å². The minimum atomic E-state index is -3.64. The summed E-state index contributed by atoms with van der Waals surface area (Å²) >= 11 is 0. The van der Waals surface area contributed by atoms with Crippen molar-refractivity contribution in [2.75, 3.05) is 31.2 Å². The Labute approximate surface area is 181 Å². The van der Waals surface area contributed by atoms with Crippen molar-refractivity contribution in [2.45, 2.75) is 31.1 Å². The minimum absolute atomic E-state index is 0.174. The summed E-state index contributed by atoms with van der Waals surface area (Å²) in [6, 6.07) is 8.40. The van der Waals surface area contributed by atoms with Gasteiger partial charge in [-0.15, -0.1) is 0 Å². The monoisotopic (exact) mass is 441 g/mol. The number of carbonyl (C=O) groups excluding carboxylic acids is 1. The summed E-state index contributed by atoms with van der Waals surface area (Å²) in [5, 5.41) is 9.28. The van der Waals surface area contributed by atoms with E-state index in [1.54, 1.807) is 47.4 Å². The highest BCUT2D eigenvalue weighted by molar-refractivity contribution is 7.93. The Morgan fingerprint density at radius 2 is 1.87 bits per heavy atom. The summed E-state index contributed by atoms with van der Waals surface area (Å²) in [5.74, 6) is -2.57. The average Bonchev–Trinajstić information content (AvgIpc) is 3.42. The Hall–Kier alpha value is -2.51. The third-order valence-corrected chi connectivity index (χ3v) is 8.21. The number of benzene rings is 1.